The number of aromatic nitrogens is 2. The second-order valence-corrected chi connectivity index (χ2v) is 5.45. The summed E-state index contributed by atoms with van der Waals surface area (Å²) in [4.78, 5) is 18.1. The molecule has 0 fully saturated rings. The lowest BCUT2D eigenvalue weighted by Crippen LogP contribution is -2.05. The Balaban J connectivity index is 1.95. The normalized spacial score (nSPS) is 10.7. The van der Waals surface area contributed by atoms with Gasteiger partial charge in [-0.3, -0.25) is 4.79 Å². The minimum atomic E-state index is -0.567. The van der Waals surface area contributed by atoms with Gasteiger partial charge in [0.25, 0.3) is 0 Å². The number of carbonyl (C=O) groups is 1. The van der Waals surface area contributed by atoms with Gasteiger partial charge in [0.2, 0.25) is 5.91 Å². The van der Waals surface area contributed by atoms with Gasteiger partial charge in [0.1, 0.15) is 11.4 Å². The zero-order valence-corrected chi connectivity index (χ0v) is 13.1. The number of anilines is 1. The fourth-order valence-electron chi connectivity index (χ4n) is 2.06. The Morgan fingerprint density at radius 3 is 2.91 bits per heavy atom. The van der Waals surface area contributed by atoms with Crippen LogP contribution in [0.25, 0.3) is 11.0 Å². The van der Waals surface area contributed by atoms with Crippen LogP contribution in [0.3, 0.4) is 0 Å². The number of nitrogens with zero attached hydrogens (tertiary/aromatic N) is 1. The van der Waals surface area contributed by atoms with Crippen LogP contribution in [0.4, 0.5) is 10.1 Å². The van der Waals surface area contributed by atoms with Crippen LogP contribution in [0, 0.1) is 5.82 Å². The molecule has 5 nitrogen and oxygen atoms in total. The monoisotopic (exact) mass is 363 g/mol. The van der Waals surface area contributed by atoms with E-state index in [1.165, 1.54) is 19.1 Å². The predicted molar refractivity (Wildman–Crippen MR) is 84.6 cm³/mol. The van der Waals surface area contributed by atoms with Gasteiger partial charge in [-0.05, 0) is 34.1 Å². The average Bonchev–Trinajstić information content (AvgIpc) is 2.84. The molecule has 0 bridgehead atoms. The van der Waals surface area contributed by atoms with Gasteiger partial charge in [-0.1, -0.05) is 0 Å². The average molecular weight is 364 g/mol. The number of pyridine rings is 1. The molecular weight excluding hydrogens is 353 g/mol. The van der Waals surface area contributed by atoms with Crippen molar-refractivity contribution in [1.82, 2.24) is 9.97 Å². The van der Waals surface area contributed by atoms with Crippen LogP contribution < -0.4 is 10.1 Å². The summed E-state index contributed by atoms with van der Waals surface area (Å²) in [6.45, 7) is 1.36. The standard InChI is InChI=1S/C15H11BrFN3O2/c1-8(21)20-9-2-3-12(11(17)6-9)22-13-4-5-18-15-14(13)10(16)7-19-15/h2-7H,1H3,(H,18,19)(H,20,21). The first-order valence-corrected chi connectivity index (χ1v) is 7.20. The summed E-state index contributed by atoms with van der Waals surface area (Å²) in [5, 5.41) is 3.24. The van der Waals surface area contributed by atoms with Crippen LogP contribution in [-0.2, 0) is 4.79 Å². The van der Waals surface area contributed by atoms with Crippen molar-refractivity contribution < 1.29 is 13.9 Å². The molecule has 1 amide bonds. The molecule has 0 saturated heterocycles. The molecule has 2 heterocycles. The Morgan fingerprint density at radius 2 is 2.18 bits per heavy atom. The Bertz CT molecular complexity index is 863. The second-order valence-electron chi connectivity index (χ2n) is 4.60. The van der Waals surface area contributed by atoms with E-state index in [4.69, 9.17) is 4.74 Å². The first-order chi connectivity index (χ1) is 10.5. The second kappa shape index (κ2) is 5.76. The third-order valence-corrected chi connectivity index (χ3v) is 3.58. The fourth-order valence-corrected chi connectivity index (χ4v) is 2.55. The van der Waals surface area contributed by atoms with E-state index in [9.17, 15) is 9.18 Å². The molecular formula is C15H11BrFN3O2. The highest BCUT2D eigenvalue weighted by Crippen LogP contribution is 2.35. The van der Waals surface area contributed by atoms with Crippen LogP contribution in [0.5, 0.6) is 11.5 Å². The lowest BCUT2D eigenvalue weighted by Gasteiger charge is -2.09. The van der Waals surface area contributed by atoms with Crippen LogP contribution in [0.15, 0.2) is 41.1 Å². The Morgan fingerprint density at radius 1 is 1.36 bits per heavy atom. The van der Waals surface area contributed by atoms with Gasteiger partial charge < -0.3 is 15.0 Å². The number of benzene rings is 1. The number of nitrogens with one attached hydrogen (secondary N) is 2. The van der Waals surface area contributed by atoms with Gasteiger partial charge in [-0.15, -0.1) is 0 Å². The SMILES string of the molecule is CC(=O)Nc1ccc(Oc2ccnc3[nH]cc(Br)c23)c(F)c1. The maximum Gasteiger partial charge on any atom is 0.221 e. The van der Waals surface area contributed by atoms with Gasteiger partial charge >= 0.3 is 0 Å². The van der Waals surface area contributed by atoms with Crippen molar-refractivity contribution in [2.75, 3.05) is 5.32 Å². The molecule has 112 valence electrons. The third kappa shape index (κ3) is 2.80. The van der Waals surface area contributed by atoms with Crippen LogP contribution in [0.2, 0.25) is 0 Å². The topological polar surface area (TPSA) is 67.0 Å². The Labute approximate surface area is 133 Å². The highest BCUT2D eigenvalue weighted by atomic mass is 79.9. The zero-order valence-electron chi connectivity index (χ0n) is 11.5. The maximum atomic E-state index is 14.1. The van der Waals surface area contributed by atoms with E-state index in [-0.39, 0.29) is 11.7 Å². The van der Waals surface area contributed by atoms with Crippen molar-refractivity contribution in [3.05, 3.63) is 46.9 Å². The molecule has 22 heavy (non-hydrogen) atoms. The number of fused-ring (bicyclic) bond motifs is 1. The quantitative estimate of drug-likeness (QED) is 0.732. The minimum absolute atomic E-state index is 0.0645. The summed E-state index contributed by atoms with van der Waals surface area (Å²) in [6, 6.07) is 5.90. The van der Waals surface area contributed by atoms with E-state index < -0.39 is 5.82 Å². The van der Waals surface area contributed by atoms with E-state index in [0.29, 0.717) is 17.1 Å². The molecule has 0 radical (unpaired) electrons. The lowest BCUT2D eigenvalue weighted by molar-refractivity contribution is -0.114. The number of H-pyrrole nitrogens is 1. The molecule has 0 aliphatic rings. The Kier molecular flexibility index (Phi) is 3.81. The van der Waals surface area contributed by atoms with Crippen molar-refractivity contribution in [2.45, 2.75) is 6.92 Å². The van der Waals surface area contributed by atoms with E-state index in [1.54, 1.807) is 24.5 Å². The molecule has 0 aliphatic carbocycles. The van der Waals surface area contributed by atoms with Gasteiger partial charge in [0, 0.05) is 35.5 Å². The van der Waals surface area contributed by atoms with Gasteiger partial charge in [0.05, 0.1) is 5.39 Å². The van der Waals surface area contributed by atoms with E-state index in [1.807, 2.05) is 0 Å². The van der Waals surface area contributed by atoms with Gasteiger partial charge in [-0.2, -0.15) is 0 Å². The molecule has 0 aliphatic heterocycles. The number of carbonyl (C=O) groups excluding carboxylic acids is 1. The van der Waals surface area contributed by atoms with Crippen molar-refractivity contribution in [2.24, 2.45) is 0 Å². The molecule has 2 N–H and O–H groups in total. The number of hydrogen-bond acceptors (Lipinski definition) is 3. The van der Waals surface area contributed by atoms with Crippen molar-refractivity contribution in [3.63, 3.8) is 0 Å². The van der Waals surface area contributed by atoms with Crippen molar-refractivity contribution in [3.8, 4) is 11.5 Å². The van der Waals surface area contributed by atoms with Gasteiger partial charge in [0.15, 0.2) is 11.6 Å². The molecule has 3 aromatic rings. The van der Waals surface area contributed by atoms with E-state index in [2.05, 4.69) is 31.2 Å². The number of ether oxygens (including phenoxy) is 1. The number of halogens is 2. The maximum absolute atomic E-state index is 14.1. The van der Waals surface area contributed by atoms with Crippen molar-refractivity contribution in [1.29, 1.82) is 0 Å². The summed E-state index contributed by atoms with van der Waals surface area (Å²) in [6.07, 6.45) is 3.31. The molecule has 2 aromatic heterocycles. The third-order valence-electron chi connectivity index (χ3n) is 2.96. The molecule has 0 saturated carbocycles. The molecule has 0 unspecified atom stereocenters. The summed E-state index contributed by atoms with van der Waals surface area (Å²) in [5.74, 6) is -0.290. The summed E-state index contributed by atoms with van der Waals surface area (Å²) in [7, 11) is 0. The van der Waals surface area contributed by atoms with E-state index >= 15 is 0 Å². The largest absolute Gasteiger partial charge is 0.453 e. The minimum Gasteiger partial charge on any atom is -0.453 e. The number of rotatable bonds is 3. The first kappa shape index (κ1) is 14.5. The van der Waals surface area contributed by atoms with E-state index in [0.717, 1.165) is 9.86 Å². The fraction of sp³-hybridized carbons (Fsp3) is 0.0667. The molecule has 3 rings (SSSR count). The van der Waals surface area contributed by atoms with Crippen molar-refractivity contribution >= 4 is 38.6 Å². The predicted octanol–water partition coefficient (Wildman–Crippen LogP) is 4.22. The molecule has 0 spiro atoms. The summed E-state index contributed by atoms with van der Waals surface area (Å²) < 4.78 is 20.5. The number of aromatic amines is 1. The number of amides is 1. The number of hydrogen-bond donors (Lipinski definition) is 2. The van der Waals surface area contributed by atoms with Crippen LogP contribution >= 0.6 is 15.9 Å². The highest BCUT2D eigenvalue weighted by molar-refractivity contribution is 9.10. The summed E-state index contributed by atoms with van der Waals surface area (Å²) >= 11 is 3.40. The highest BCUT2D eigenvalue weighted by Gasteiger charge is 2.12. The van der Waals surface area contributed by atoms with Gasteiger partial charge in [-0.25, -0.2) is 9.37 Å². The van der Waals surface area contributed by atoms with Crippen LogP contribution in [0.1, 0.15) is 6.92 Å². The summed E-state index contributed by atoms with van der Waals surface area (Å²) in [5.41, 5.74) is 1.01. The van der Waals surface area contributed by atoms with Crippen LogP contribution in [-0.4, -0.2) is 15.9 Å². The zero-order chi connectivity index (χ0) is 15.7. The molecule has 0 atom stereocenters. The first-order valence-electron chi connectivity index (χ1n) is 6.41. The smallest absolute Gasteiger partial charge is 0.221 e. The molecule has 7 heteroatoms. The lowest BCUT2D eigenvalue weighted by atomic mass is 10.2. The Hall–Kier alpha value is -2.41. The molecule has 1 aromatic carbocycles.